The topological polar surface area (TPSA) is 48.6 Å². The molecule has 2 atom stereocenters. The smallest absolute Gasteiger partial charge is 0.245 e. The highest BCUT2D eigenvalue weighted by Gasteiger charge is 2.32. The zero-order valence-electron chi connectivity index (χ0n) is 15.1. The third-order valence-electron chi connectivity index (χ3n) is 5.48. The molecule has 4 rings (SSSR count). The average molecular weight is 341 g/mol. The highest BCUT2D eigenvalue weighted by Crippen LogP contribution is 2.27. The summed E-state index contributed by atoms with van der Waals surface area (Å²) in [7, 11) is 2.15. The van der Waals surface area contributed by atoms with E-state index in [1.165, 1.54) is 12.1 Å². The van der Waals surface area contributed by atoms with Crippen molar-refractivity contribution >= 4 is 5.69 Å². The Balaban J connectivity index is 1.35. The maximum Gasteiger partial charge on any atom is 0.245 e. The van der Waals surface area contributed by atoms with Gasteiger partial charge in [-0.25, -0.2) is 0 Å². The second-order valence-corrected chi connectivity index (χ2v) is 7.37. The first-order valence-electron chi connectivity index (χ1n) is 9.22. The van der Waals surface area contributed by atoms with Gasteiger partial charge in [-0.05, 0) is 38.4 Å². The predicted molar refractivity (Wildman–Crippen MR) is 97.6 cm³/mol. The van der Waals surface area contributed by atoms with E-state index in [9.17, 15) is 0 Å². The SMILES string of the molecule is Cc1noc(C2CN(CC3CCN(c4ccccc4)C3)CCN2C)n1. The van der Waals surface area contributed by atoms with Gasteiger partial charge >= 0.3 is 0 Å². The summed E-state index contributed by atoms with van der Waals surface area (Å²) < 4.78 is 5.43. The van der Waals surface area contributed by atoms with Crippen molar-refractivity contribution < 1.29 is 4.52 Å². The number of hydrogen-bond acceptors (Lipinski definition) is 6. The lowest BCUT2D eigenvalue weighted by Gasteiger charge is -2.38. The zero-order chi connectivity index (χ0) is 17.2. The van der Waals surface area contributed by atoms with Crippen LogP contribution in [0.25, 0.3) is 0 Å². The van der Waals surface area contributed by atoms with E-state index >= 15 is 0 Å². The van der Waals surface area contributed by atoms with Crippen LogP contribution in [-0.2, 0) is 0 Å². The van der Waals surface area contributed by atoms with Gasteiger partial charge in [0.15, 0.2) is 5.82 Å². The molecular weight excluding hydrogens is 314 g/mol. The first-order chi connectivity index (χ1) is 12.2. The fourth-order valence-electron chi connectivity index (χ4n) is 4.03. The first-order valence-corrected chi connectivity index (χ1v) is 9.22. The number of nitrogens with zero attached hydrogens (tertiary/aromatic N) is 5. The van der Waals surface area contributed by atoms with Crippen LogP contribution >= 0.6 is 0 Å². The van der Waals surface area contributed by atoms with Crippen LogP contribution in [-0.4, -0.2) is 66.3 Å². The molecule has 0 bridgehead atoms. The van der Waals surface area contributed by atoms with E-state index < -0.39 is 0 Å². The van der Waals surface area contributed by atoms with Gasteiger partial charge in [-0.15, -0.1) is 0 Å². The van der Waals surface area contributed by atoms with E-state index in [-0.39, 0.29) is 6.04 Å². The molecule has 0 radical (unpaired) electrons. The summed E-state index contributed by atoms with van der Waals surface area (Å²) in [6.07, 6.45) is 1.27. The first kappa shape index (κ1) is 16.5. The zero-order valence-corrected chi connectivity index (χ0v) is 15.1. The molecule has 2 aliphatic rings. The van der Waals surface area contributed by atoms with Gasteiger partial charge in [0.1, 0.15) is 6.04 Å². The second kappa shape index (κ2) is 7.14. The Morgan fingerprint density at radius 1 is 1.12 bits per heavy atom. The van der Waals surface area contributed by atoms with E-state index in [2.05, 4.69) is 62.2 Å². The van der Waals surface area contributed by atoms with Gasteiger partial charge in [-0.1, -0.05) is 23.4 Å². The molecule has 2 fully saturated rings. The maximum absolute atomic E-state index is 5.43. The highest BCUT2D eigenvalue weighted by molar-refractivity contribution is 5.46. The molecular formula is C19H27N5O. The van der Waals surface area contributed by atoms with Gasteiger partial charge in [-0.2, -0.15) is 4.98 Å². The number of benzene rings is 1. The van der Waals surface area contributed by atoms with Crippen LogP contribution in [0.2, 0.25) is 0 Å². The van der Waals surface area contributed by atoms with Gasteiger partial charge in [0.05, 0.1) is 0 Å². The van der Waals surface area contributed by atoms with E-state index in [1.807, 2.05) is 6.92 Å². The molecule has 2 unspecified atom stereocenters. The molecule has 2 saturated heterocycles. The largest absolute Gasteiger partial charge is 0.371 e. The molecule has 0 saturated carbocycles. The maximum atomic E-state index is 5.43. The van der Waals surface area contributed by atoms with Crippen LogP contribution in [0.15, 0.2) is 34.9 Å². The number of aryl methyl sites for hydroxylation is 1. The summed E-state index contributed by atoms with van der Waals surface area (Å²) >= 11 is 0. The van der Waals surface area contributed by atoms with Gasteiger partial charge in [-0.3, -0.25) is 9.80 Å². The Hall–Kier alpha value is -1.92. The molecule has 6 heteroatoms. The van der Waals surface area contributed by atoms with Crippen LogP contribution in [0.4, 0.5) is 5.69 Å². The Labute approximate surface area is 149 Å². The second-order valence-electron chi connectivity index (χ2n) is 7.37. The van der Waals surface area contributed by atoms with E-state index in [1.54, 1.807) is 0 Å². The standard InChI is InChI=1S/C19H27N5O/c1-15-20-19(25-21-15)18-14-23(11-10-22(18)2)12-16-8-9-24(13-16)17-6-4-3-5-7-17/h3-7,16,18H,8-14H2,1-2H3. The molecule has 0 spiro atoms. The molecule has 6 nitrogen and oxygen atoms in total. The molecule has 2 aromatic rings. The Morgan fingerprint density at radius 3 is 2.72 bits per heavy atom. The number of aromatic nitrogens is 2. The molecule has 1 aromatic heterocycles. The number of anilines is 1. The van der Waals surface area contributed by atoms with Crippen LogP contribution < -0.4 is 4.90 Å². The summed E-state index contributed by atoms with van der Waals surface area (Å²) in [6.45, 7) is 8.48. The lowest BCUT2D eigenvalue weighted by Crippen LogP contribution is -2.48. The van der Waals surface area contributed by atoms with Crippen molar-refractivity contribution in [1.82, 2.24) is 19.9 Å². The normalized spacial score (nSPS) is 25.6. The minimum absolute atomic E-state index is 0.210. The van der Waals surface area contributed by atoms with Crippen LogP contribution in [0.3, 0.4) is 0 Å². The average Bonchev–Trinajstić information content (AvgIpc) is 3.27. The molecule has 2 aliphatic heterocycles. The predicted octanol–water partition coefficient (Wildman–Crippen LogP) is 2.19. The van der Waals surface area contributed by atoms with E-state index in [0.29, 0.717) is 0 Å². The fraction of sp³-hybridized carbons (Fsp3) is 0.579. The van der Waals surface area contributed by atoms with Crippen LogP contribution in [0.5, 0.6) is 0 Å². The van der Waals surface area contributed by atoms with Crippen molar-refractivity contribution in [1.29, 1.82) is 0 Å². The van der Waals surface area contributed by atoms with Gasteiger partial charge in [0, 0.05) is 45.0 Å². The summed E-state index contributed by atoms with van der Waals surface area (Å²) in [4.78, 5) is 11.9. The monoisotopic (exact) mass is 341 g/mol. The highest BCUT2D eigenvalue weighted by atomic mass is 16.5. The van der Waals surface area contributed by atoms with Gasteiger partial charge in [0.25, 0.3) is 0 Å². The van der Waals surface area contributed by atoms with Crippen LogP contribution in [0.1, 0.15) is 24.2 Å². The fourth-order valence-corrected chi connectivity index (χ4v) is 4.03. The number of hydrogen-bond donors (Lipinski definition) is 0. The third kappa shape index (κ3) is 3.70. The van der Waals surface area contributed by atoms with Crippen molar-refractivity contribution in [2.75, 3.05) is 51.2 Å². The van der Waals surface area contributed by atoms with Gasteiger partial charge < -0.3 is 9.42 Å². The summed E-state index contributed by atoms with van der Waals surface area (Å²) in [5.41, 5.74) is 1.35. The minimum Gasteiger partial charge on any atom is -0.371 e. The molecule has 0 aliphatic carbocycles. The minimum atomic E-state index is 0.210. The summed E-state index contributed by atoms with van der Waals surface area (Å²) in [5.74, 6) is 2.20. The third-order valence-corrected chi connectivity index (χ3v) is 5.48. The van der Waals surface area contributed by atoms with Crippen molar-refractivity contribution in [3.8, 4) is 0 Å². The van der Waals surface area contributed by atoms with Crippen molar-refractivity contribution in [3.63, 3.8) is 0 Å². The van der Waals surface area contributed by atoms with E-state index in [4.69, 9.17) is 4.52 Å². The van der Waals surface area contributed by atoms with Gasteiger partial charge in [0.2, 0.25) is 5.89 Å². The summed E-state index contributed by atoms with van der Waals surface area (Å²) in [5, 5.41) is 3.96. The lowest BCUT2D eigenvalue weighted by molar-refractivity contribution is 0.0678. The van der Waals surface area contributed by atoms with E-state index in [0.717, 1.165) is 56.9 Å². The molecule has 134 valence electrons. The van der Waals surface area contributed by atoms with Crippen molar-refractivity contribution in [3.05, 3.63) is 42.0 Å². The van der Waals surface area contributed by atoms with Crippen LogP contribution in [0, 0.1) is 12.8 Å². The molecule has 0 N–H and O–H groups in total. The molecule has 0 amide bonds. The number of para-hydroxylation sites is 1. The summed E-state index contributed by atoms with van der Waals surface area (Å²) in [6, 6.07) is 11.0. The molecule has 25 heavy (non-hydrogen) atoms. The number of piperazine rings is 1. The Morgan fingerprint density at radius 2 is 1.96 bits per heavy atom. The van der Waals surface area contributed by atoms with Crippen molar-refractivity contribution in [2.45, 2.75) is 19.4 Å². The molecule has 3 heterocycles. The van der Waals surface area contributed by atoms with Crippen molar-refractivity contribution in [2.24, 2.45) is 5.92 Å². The quantitative estimate of drug-likeness (QED) is 0.850. The Bertz CT molecular complexity index is 688. The number of rotatable bonds is 4. The lowest BCUT2D eigenvalue weighted by atomic mass is 10.1. The molecule has 1 aromatic carbocycles. The number of likely N-dealkylation sites (N-methyl/N-ethyl adjacent to an activating group) is 1. The Kier molecular flexibility index (Phi) is 4.72.